The summed E-state index contributed by atoms with van der Waals surface area (Å²) in [5.74, 6) is 1.69. The fraction of sp³-hybridized carbons (Fsp3) is 0.318. The summed E-state index contributed by atoms with van der Waals surface area (Å²) in [7, 11) is 1.66. The molecule has 0 aliphatic carbocycles. The number of carbonyl (C=O) groups excluding carboxylic acids is 1. The summed E-state index contributed by atoms with van der Waals surface area (Å²) in [5.41, 5.74) is 3.19. The van der Waals surface area contributed by atoms with Gasteiger partial charge in [-0.1, -0.05) is 29.5 Å². The molecule has 0 spiro atoms. The fourth-order valence-electron chi connectivity index (χ4n) is 3.30. The number of thioether (sulfide) groups is 1. The van der Waals surface area contributed by atoms with Crippen LogP contribution in [0.4, 0.5) is 5.69 Å². The van der Waals surface area contributed by atoms with Gasteiger partial charge >= 0.3 is 0 Å². The van der Waals surface area contributed by atoms with E-state index >= 15 is 0 Å². The van der Waals surface area contributed by atoms with E-state index in [9.17, 15) is 4.79 Å². The molecule has 2 heterocycles. The summed E-state index contributed by atoms with van der Waals surface area (Å²) in [6.45, 7) is 5.04. The number of aryl methyl sites for hydroxylation is 1. The first-order valence-electron chi connectivity index (χ1n) is 9.82. The molecule has 3 aromatic rings. The number of carbonyl (C=O) groups is 1. The monoisotopic (exact) mass is 424 g/mol. The highest BCUT2D eigenvalue weighted by Gasteiger charge is 2.22. The number of hydrogen-bond donors (Lipinski definition) is 0. The van der Waals surface area contributed by atoms with Crippen molar-refractivity contribution < 1.29 is 13.9 Å². The average Bonchev–Trinajstić information content (AvgIpc) is 3.27. The second-order valence-corrected chi connectivity index (χ2v) is 8.02. The van der Waals surface area contributed by atoms with Gasteiger partial charge in [0.15, 0.2) is 0 Å². The minimum Gasteiger partial charge on any atom is -0.497 e. The lowest BCUT2D eigenvalue weighted by Crippen LogP contribution is -2.49. The van der Waals surface area contributed by atoms with Crippen molar-refractivity contribution in [2.45, 2.75) is 12.1 Å². The molecule has 7 nitrogen and oxygen atoms in total. The quantitative estimate of drug-likeness (QED) is 0.561. The largest absolute Gasteiger partial charge is 0.497 e. The molecule has 1 aliphatic rings. The molecular weight excluding hydrogens is 400 g/mol. The van der Waals surface area contributed by atoms with E-state index in [0.29, 0.717) is 24.2 Å². The summed E-state index contributed by atoms with van der Waals surface area (Å²) in [6, 6.07) is 15.9. The summed E-state index contributed by atoms with van der Waals surface area (Å²) < 4.78 is 10.9. The second-order valence-electron chi connectivity index (χ2n) is 7.09. The third-order valence-corrected chi connectivity index (χ3v) is 5.90. The molecule has 0 saturated carbocycles. The van der Waals surface area contributed by atoms with Gasteiger partial charge in [-0.2, -0.15) is 0 Å². The van der Waals surface area contributed by atoms with Crippen LogP contribution in [-0.2, 0) is 4.79 Å². The van der Waals surface area contributed by atoms with Gasteiger partial charge in [-0.15, -0.1) is 10.2 Å². The van der Waals surface area contributed by atoms with E-state index in [0.717, 1.165) is 30.1 Å². The Morgan fingerprint density at radius 3 is 2.40 bits per heavy atom. The maximum Gasteiger partial charge on any atom is 0.277 e. The first-order chi connectivity index (χ1) is 14.6. The van der Waals surface area contributed by atoms with Crippen LogP contribution in [0.3, 0.4) is 0 Å². The summed E-state index contributed by atoms with van der Waals surface area (Å²) in [4.78, 5) is 16.8. The molecule has 1 aromatic heterocycles. The number of anilines is 1. The van der Waals surface area contributed by atoms with Gasteiger partial charge in [0, 0.05) is 37.4 Å². The Bertz CT molecular complexity index is 980. The van der Waals surface area contributed by atoms with Crippen LogP contribution < -0.4 is 9.64 Å². The van der Waals surface area contributed by atoms with Crippen molar-refractivity contribution in [2.75, 3.05) is 43.9 Å². The number of hydrogen-bond acceptors (Lipinski definition) is 7. The molecule has 30 heavy (non-hydrogen) atoms. The average molecular weight is 425 g/mol. The minimum atomic E-state index is 0.0875. The van der Waals surface area contributed by atoms with Gasteiger partial charge in [-0.3, -0.25) is 4.79 Å². The Labute approximate surface area is 180 Å². The Morgan fingerprint density at radius 2 is 1.73 bits per heavy atom. The Balaban J connectivity index is 1.26. The molecule has 156 valence electrons. The van der Waals surface area contributed by atoms with E-state index in [2.05, 4.69) is 15.1 Å². The zero-order valence-electron chi connectivity index (χ0n) is 17.1. The number of ether oxygens (including phenoxy) is 1. The van der Waals surface area contributed by atoms with E-state index in [-0.39, 0.29) is 11.7 Å². The SMILES string of the molecule is COc1ccc(N2CCN(C(=O)CSc3nnc(-c4ccc(C)cc4)o3)CC2)cc1. The Morgan fingerprint density at radius 1 is 1.03 bits per heavy atom. The summed E-state index contributed by atoms with van der Waals surface area (Å²) >= 11 is 1.28. The van der Waals surface area contributed by atoms with Crippen molar-refractivity contribution in [2.24, 2.45) is 0 Å². The van der Waals surface area contributed by atoms with Gasteiger partial charge < -0.3 is 19.0 Å². The van der Waals surface area contributed by atoms with Crippen molar-refractivity contribution in [1.29, 1.82) is 0 Å². The molecule has 1 saturated heterocycles. The van der Waals surface area contributed by atoms with Gasteiger partial charge in [-0.05, 0) is 43.3 Å². The Hall–Kier alpha value is -3.00. The molecule has 1 amide bonds. The molecule has 2 aromatic carbocycles. The number of rotatable bonds is 6. The third-order valence-electron chi connectivity index (χ3n) is 5.09. The lowest BCUT2D eigenvalue weighted by molar-refractivity contribution is -0.128. The number of aromatic nitrogens is 2. The smallest absolute Gasteiger partial charge is 0.277 e. The molecule has 1 aliphatic heterocycles. The van der Waals surface area contributed by atoms with Crippen LogP contribution in [0.25, 0.3) is 11.5 Å². The molecule has 0 N–H and O–H groups in total. The normalized spacial score (nSPS) is 14.1. The van der Waals surface area contributed by atoms with E-state index in [1.807, 2.05) is 60.4 Å². The number of amides is 1. The zero-order valence-corrected chi connectivity index (χ0v) is 17.9. The highest BCUT2D eigenvalue weighted by atomic mass is 32.2. The van der Waals surface area contributed by atoms with Gasteiger partial charge in [0.05, 0.1) is 12.9 Å². The molecule has 0 atom stereocenters. The first-order valence-corrected chi connectivity index (χ1v) is 10.8. The van der Waals surface area contributed by atoms with Gasteiger partial charge in [0.1, 0.15) is 5.75 Å². The van der Waals surface area contributed by atoms with Crippen LogP contribution in [0, 0.1) is 6.92 Å². The fourth-order valence-corrected chi connectivity index (χ4v) is 3.97. The zero-order chi connectivity index (χ0) is 20.9. The molecular formula is C22H24N4O3S. The number of benzene rings is 2. The van der Waals surface area contributed by atoms with Gasteiger partial charge in [-0.25, -0.2) is 0 Å². The minimum absolute atomic E-state index is 0.0875. The molecule has 0 bridgehead atoms. The highest BCUT2D eigenvalue weighted by molar-refractivity contribution is 7.99. The summed E-state index contributed by atoms with van der Waals surface area (Å²) in [6.07, 6.45) is 0. The number of piperazine rings is 1. The Kier molecular flexibility index (Phi) is 6.23. The van der Waals surface area contributed by atoms with Crippen LogP contribution in [0.5, 0.6) is 5.75 Å². The van der Waals surface area contributed by atoms with Crippen LogP contribution in [0.2, 0.25) is 0 Å². The first kappa shape index (κ1) is 20.3. The van der Waals surface area contributed by atoms with Crippen molar-refractivity contribution in [3.63, 3.8) is 0 Å². The van der Waals surface area contributed by atoms with E-state index in [1.165, 1.54) is 17.3 Å². The van der Waals surface area contributed by atoms with Crippen LogP contribution in [-0.4, -0.2) is 60.0 Å². The van der Waals surface area contributed by atoms with Crippen LogP contribution in [0.15, 0.2) is 58.2 Å². The molecule has 4 rings (SSSR count). The topological polar surface area (TPSA) is 71.7 Å². The van der Waals surface area contributed by atoms with Crippen molar-refractivity contribution in [3.8, 4) is 17.2 Å². The standard InChI is InChI=1S/C22H24N4O3S/c1-16-3-5-17(6-4-16)21-23-24-22(29-21)30-15-20(27)26-13-11-25(12-14-26)18-7-9-19(28-2)10-8-18/h3-10H,11-15H2,1-2H3. The molecule has 1 fully saturated rings. The van der Waals surface area contributed by atoms with E-state index < -0.39 is 0 Å². The molecule has 8 heteroatoms. The third kappa shape index (κ3) is 4.76. The van der Waals surface area contributed by atoms with Gasteiger partial charge in [0.2, 0.25) is 11.8 Å². The highest BCUT2D eigenvalue weighted by Crippen LogP contribution is 2.24. The predicted molar refractivity (Wildman–Crippen MR) is 117 cm³/mol. The number of methoxy groups -OCH3 is 1. The lowest BCUT2D eigenvalue weighted by atomic mass is 10.1. The van der Waals surface area contributed by atoms with Crippen molar-refractivity contribution >= 4 is 23.4 Å². The van der Waals surface area contributed by atoms with E-state index in [1.54, 1.807) is 7.11 Å². The lowest BCUT2D eigenvalue weighted by Gasteiger charge is -2.36. The van der Waals surface area contributed by atoms with E-state index in [4.69, 9.17) is 9.15 Å². The maximum absolute atomic E-state index is 12.6. The number of nitrogens with zero attached hydrogens (tertiary/aromatic N) is 4. The van der Waals surface area contributed by atoms with Crippen molar-refractivity contribution in [1.82, 2.24) is 15.1 Å². The molecule has 0 unspecified atom stereocenters. The van der Waals surface area contributed by atoms with Crippen molar-refractivity contribution in [3.05, 3.63) is 54.1 Å². The maximum atomic E-state index is 12.6. The molecule has 0 radical (unpaired) electrons. The predicted octanol–water partition coefficient (Wildman–Crippen LogP) is 3.49. The van der Waals surface area contributed by atoms with Crippen LogP contribution >= 0.6 is 11.8 Å². The van der Waals surface area contributed by atoms with Crippen LogP contribution in [0.1, 0.15) is 5.56 Å². The second kappa shape index (κ2) is 9.21. The summed E-state index contributed by atoms with van der Waals surface area (Å²) in [5, 5.41) is 8.55. The van der Waals surface area contributed by atoms with Gasteiger partial charge in [0.25, 0.3) is 5.22 Å².